The third kappa shape index (κ3) is 2.24. The first kappa shape index (κ1) is 11.9. The van der Waals surface area contributed by atoms with Crippen molar-refractivity contribution in [2.45, 2.75) is 58.0 Å². The molecule has 4 unspecified atom stereocenters. The molecule has 0 aromatic carbocycles. The predicted octanol–water partition coefficient (Wildman–Crippen LogP) is 2.36. The molecule has 2 rings (SSSR count). The van der Waals surface area contributed by atoms with Crippen LogP contribution in [0.5, 0.6) is 0 Å². The molecule has 0 radical (unpaired) electrons. The van der Waals surface area contributed by atoms with E-state index in [1.54, 1.807) is 0 Å². The Morgan fingerprint density at radius 1 is 1.25 bits per heavy atom. The molecule has 1 N–H and O–H groups in total. The van der Waals surface area contributed by atoms with E-state index in [0.717, 1.165) is 18.9 Å². The van der Waals surface area contributed by atoms with Gasteiger partial charge in [-0.05, 0) is 37.6 Å². The van der Waals surface area contributed by atoms with Crippen molar-refractivity contribution in [3.63, 3.8) is 0 Å². The Bertz CT molecular complexity index is 267. The van der Waals surface area contributed by atoms with Gasteiger partial charge in [0.1, 0.15) is 6.04 Å². The van der Waals surface area contributed by atoms with Crippen molar-refractivity contribution >= 4 is 5.97 Å². The molecule has 16 heavy (non-hydrogen) atoms. The van der Waals surface area contributed by atoms with Gasteiger partial charge in [0.25, 0.3) is 0 Å². The Labute approximate surface area is 97.8 Å². The van der Waals surface area contributed by atoms with Crippen LogP contribution in [-0.4, -0.2) is 34.6 Å². The average molecular weight is 225 g/mol. The second kappa shape index (κ2) is 4.74. The summed E-state index contributed by atoms with van der Waals surface area (Å²) in [5.41, 5.74) is 0. The van der Waals surface area contributed by atoms with Crippen LogP contribution < -0.4 is 0 Å². The second-order valence-corrected chi connectivity index (χ2v) is 5.71. The summed E-state index contributed by atoms with van der Waals surface area (Å²) in [7, 11) is 0. The van der Waals surface area contributed by atoms with E-state index < -0.39 is 5.97 Å². The van der Waals surface area contributed by atoms with Gasteiger partial charge in [-0.25, -0.2) is 0 Å². The Balaban J connectivity index is 2.05. The summed E-state index contributed by atoms with van der Waals surface area (Å²) >= 11 is 0. The Hall–Kier alpha value is -0.570. The van der Waals surface area contributed by atoms with Gasteiger partial charge in [-0.3, -0.25) is 9.69 Å². The molecule has 1 aliphatic carbocycles. The summed E-state index contributed by atoms with van der Waals surface area (Å²) in [5, 5.41) is 9.31. The first-order valence-electron chi connectivity index (χ1n) is 6.58. The van der Waals surface area contributed by atoms with Crippen molar-refractivity contribution in [2.75, 3.05) is 6.54 Å². The predicted molar refractivity (Wildman–Crippen MR) is 63.3 cm³/mol. The lowest BCUT2D eigenvalue weighted by molar-refractivity contribution is -0.144. The van der Waals surface area contributed by atoms with Crippen LogP contribution in [0.25, 0.3) is 0 Å². The standard InChI is InChI=1S/C13H23NO2/c1-9-4-3-5-11(8-9)14-7-6-10(2)12(14)13(15)16/h9-12H,3-8H2,1-2H3,(H,15,16). The molecular formula is C13H23NO2. The number of likely N-dealkylation sites (tertiary alicyclic amines) is 1. The lowest BCUT2D eigenvalue weighted by Crippen LogP contribution is -2.46. The summed E-state index contributed by atoms with van der Waals surface area (Å²) in [6, 6.07) is 0.296. The molecule has 1 aliphatic heterocycles. The molecule has 1 heterocycles. The molecule has 4 atom stereocenters. The van der Waals surface area contributed by atoms with E-state index in [0.29, 0.717) is 12.0 Å². The first-order chi connectivity index (χ1) is 7.59. The van der Waals surface area contributed by atoms with Crippen LogP contribution in [0.1, 0.15) is 46.0 Å². The number of hydrogen-bond donors (Lipinski definition) is 1. The van der Waals surface area contributed by atoms with Crippen LogP contribution in [0.2, 0.25) is 0 Å². The van der Waals surface area contributed by atoms with Gasteiger partial charge in [-0.15, -0.1) is 0 Å². The molecule has 3 heteroatoms. The summed E-state index contributed by atoms with van der Waals surface area (Å²) in [6.07, 6.45) is 6.01. The number of aliphatic carboxylic acids is 1. The number of nitrogens with zero attached hydrogens (tertiary/aromatic N) is 1. The molecular weight excluding hydrogens is 202 g/mol. The number of carboxylic acids is 1. The van der Waals surface area contributed by atoms with E-state index in [2.05, 4.69) is 18.7 Å². The maximum Gasteiger partial charge on any atom is 0.321 e. The highest BCUT2D eigenvalue weighted by Gasteiger charge is 2.40. The average Bonchev–Trinajstić information content (AvgIpc) is 2.60. The fourth-order valence-corrected chi connectivity index (χ4v) is 3.47. The van der Waals surface area contributed by atoms with E-state index in [-0.39, 0.29) is 6.04 Å². The second-order valence-electron chi connectivity index (χ2n) is 5.71. The van der Waals surface area contributed by atoms with Gasteiger partial charge in [-0.1, -0.05) is 26.7 Å². The van der Waals surface area contributed by atoms with E-state index in [1.807, 2.05) is 0 Å². The largest absolute Gasteiger partial charge is 0.480 e. The van der Waals surface area contributed by atoms with Crippen molar-refractivity contribution in [2.24, 2.45) is 11.8 Å². The Kier molecular flexibility index (Phi) is 3.53. The van der Waals surface area contributed by atoms with Crippen LogP contribution in [0, 0.1) is 11.8 Å². The smallest absolute Gasteiger partial charge is 0.321 e. The molecule has 2 aliphatic rings. The SMILES string of the molecule is CC1CCCC(N2CCC(C)C2C(=O)O)C1. The lowest BCUT2D eigenvalue weighted by Gasteiger charge is -2.36. The molecule has 1 saturated heterocycles. The summed E-state index contributed by atoms with van der Waals surface area (Å²) in [4.78, 5) is 13.6. The maximum absolute atomic E-state index is 11.3. The highest BCUT2D eigenvalue weighted by molar-refractivity contribution is 5.74. The molecule has 3 nitrogen and oxygen atoms in total. The molecule has 0 aromatic heterocycles. The van der Waals surface area contributed by atoms with E-state index in [4.69, 9.17) is 0 Å². The Morgan fingerprint density at radius 2 is 2.00 bits per heavy atom. The van der Waals surface area contributed by atoms with Crippen LogP contribution in [0.3, 0.4) is 0 Å². The topological polar surface area (TPSA) is 40.5 Å². The first-order valence-corrected chi connectivity index (χ1v) is 6.58. The highest BCUT2D eigenvalue weighted by Crippen LogP contribution is 2.34. The molecule has 0 aromatic rings. The molecule has 0 amide bonds. The van der Waals surface area contributed by atoms with E-state index in [1.165, 1.54) is 25.7 Å². The number of rotatable bonds is 2. The van der Waals surface area contributed by atoms with Gasteiger partial charge in [-0.2, -0.15) is 0 Å². The lowest BCUT2D eigenvalue weighted by atomic mass is 9.85. The van der Waals surface area contributed by atoms with Gasteiger partial charge in [0.05, 0.1) is 0 Å². The monoisotopic (exact) mass is 225 g/mol. The quantitative estimate of drug-likeness (QED) is 0.784. The van der Waals surface area contributed by atoms with Crippen molar-refractivity contribution in [1.29, 1.82) is 0 Å². The minimum atomic E-state index is -0.622. The fourth-order valence-electron chi connectivity index (χ4n) is 3.47. The third-order valence-electron chi connectivity index (χ3n) is 4.37. The summed E-state index contributed by atoms with van der Waals surface area (Å²) < 4.78 is 0. The van der Waals surface area contributed by atoms with Gasteiger partial charge in [0.15, 0.2) is 0 Å². The van der Waals surface area contributed by atoms with Crippen LogP contribution in [-0.2, 0) is 4.79 Å². The normalized spacial score (nSPS) is 41.1. The minimum Gasteiger partial charge on any atom is -0.480 e. The summed E-state index contributed by atoms with van der Waals surface area (Å²) in [6.45, 7) is 5.35. The van der Waals surface area contributed by atoms with Crippen LogP contribution in [0.15, 0.2) is 0 Å². The zero-order chi connectivity index (χ0) is 11.7. The maximum atomic E-state index is 11.3. The van der Waals surface area contributed by atoms with Crippen molar-refractivity contribution in [1.82, 2.24) is 4.90 Å². The molecule has 92 valence electrons. The van der Waals surface area contributed by atoms with Gasteiger partial charge in [0, 0.05) is 6.04 Å². The highest BCUT2D eigenvalue weighted by atomic mass is 16.4. The van der Waals surface area contributed by atoms with Gasteiger partial charge in [0.2, 0.25) is 0 Å². The molecule has 2 fully saturated rings. The van der Waals surface area contributed by atoms with Gasteiger partial charge < -0.3 is 5.11 Å². The molecule has 1 saturated carbocycles. The van der Waals surface area contributed by atoms with Crippen LogP contribution >= 0.6 is 0 Å². The fraction of sp³-hybridized carbons (Fsp3) is 0.923. The Morgan fingerprint density at radius 3 is 2.62 bits per heavy atom. The molecule has 0 spiro atoms. The molecule has 0 bridgehead atoms. The third-order valence-corrected chi connectivity index (χ3v) is 4.37. The van der Waals surface area contributed by atoms with Gasteiger partial charge >= 0.3 is 5.97 Å². The zero-order valence-corrected chi connectivity index (χ0v) is 10.4. The number of hydrogen-bond acceptors (Lipinski definition) is 2. The van der Waals surface area contributed by atoms with Crippen LogP contribution in [0.4, 0.5) is 0 Å². The van der Waals surface area contributed by atoms with Crippen molar-refractivity contribution in [3.05, 3.63) is 0 Å². The number of carbonyl (C=O) groups is 1. The number of carboxylic acid groups (broad SMARTS) is 1. The van der Waals surface area contributed by atoms with E-state index >= 15 is 0 Å². The van der Waals surface area contributed by atoms with E-state index in [9.17, 15) is 9.90 Å². The minimum absolute atomic E-state index is 0.227. The van der Waals surface area contributed by atoms with Crippen molar-refractivity contribution < 1.29 is 9.90 Å². The summed E-state index contributed by atoms with van der Waals surface area (Å²) in [5.74, 6) is 0.460. The zero-order valence-electron chi connectivity index (χ0n) is 10.4. The van der Waals surface area contributed by atoms with Crippen molar-refractivity contribution in [3.8, 4) is 0 Å².